The van der Waals surface area contributed by atoms with Crippen molar-refractivity contribution in [1.29, 1.82) is 0 Å². The molecule has 0 bridgehead atoms. The van der Waals surface area contributed by atoms with Crippen LogP contribution in [-0.2, 0) is 22.4 Å². The number of aromatic nitrogens is 3. The number of methoxy groups -OCH3 is 1. The predicted molar refractivity (Wildman–Crippen MR) is 129 cm³/mol. The van der Waals surface area contributed by atoms with Crippen molar-refractivity contribution in [3.05, 3.63) is 41.3 Å². The molecule has 1 atom stereocenters. The number of pyridine rings is 1. The number of carbonyl (C=O) groups excluding carboxylic acids is 1. The number of fused-ring (bicyclic) bond motifs is 1. The molecule has 0 aromatic carbocycles. The average Bonchev–Trinajstić information content (AvgIpc) is 3.03. The van der Waals surface area contributed by atoms with Crippen LogP contribution in [0.1, 0.15) is 67.7 Å². The van der Waals surface area contributed by atoms with E-state index in [1.54, 1.807) is 6.82 Å². The fourth-order valence-electron chi connectivity index (χ4n) is 4.33. The highest BCUT2D eigenvalue weighted by atomic mass is 16.5. The average molecular weight is 468 g/mol. The largest absolute Gasteiger partial charge is 0.481 e. The Balaban J connectivity index is 1.52. The van der Waals surface area contributed by atoms with Crippen molar-refractivity contribution in [3.63, 3.8) is 0 Å². The quantitative estimate of drug-likeness (QED) is 0.357. The van der Waals surface area contributed by atoms with E-state index in [1.165, 1.54) is 25.1 Å². The van der Waals surface area contributed by atoms with Crippen LogP contribution in [0.3, 0.4) is 0 Å². The zero-order valence-corrected chi connectivity index (χ0v) is 19.9. The van der Waals surface area contributed by atoms with Crippen molar-refractivity contribution >= 4 is 24.6 Å². The minimum atomic E-state index is -0.964. The third kappa shape index (κ3) is 7.25. The number of carbonyl (C=O) groups is 2. The Hall–Kier alpha value is -3.01. The molecule has 3 rings (SSSR count). The number of hydrogen-bond donors (Lipinski definition) is 2. The number of ether oxygens (including phenoxy) is 1. The molecule has 0 amide bonds. The molecule has 0 spiro atoms. The molecule has 0 fully saturated rings. The number of anilines is 1. The van der Waals surface area contributed by atoms with Crippen molar-refractivity contribution in [2.75, 3.05) is 18.5 Å². The van der Waals surface area contributed by atoms with Gasteiger partial charge in [0, 0.05) is 43.4 Å². The summed E-state index contributed by atoms with van der Waals surface area (Å²) >= 11 is 0. The maximum absolute atomic E-state index is 12.6. The van der Waals surface area contributed by atoms with E-state index in [0.717, 1.165) is 50.2 Å². The lowest BCUT2D eigenvalue weighted by Crippen LogP contribution is -2.38. The van der Waals surface area contributed by atoms with Crippen LogP contribution in [0.25, 0.3) is 0 Å². The number of ketones is 1. The lowest BCUT2D eigenvalue weighted by atomic mass is 9.84. The number of nitrogens with zero attached hydrogens (tertiary/aromatic N) is 4. The van der Waals surface area contributed by atoms with Gasteiger partial charge in [-0.2, -0.15) is 0 Å². The molecule has 0 saturated heterocycles. The molecule has 34 heavy (non-hydrogen) atoms. The molecule has 2 aromatic heterocycles. The molecule has 0 unspecified atom stereocenters. The summed E-state index contributed by atoms with van der Waals surface area (Å²) in [6, 6.07) is 4.35. The van der Waals surface area contributed by atoms with Crippen LogP contribution in [0.5, 0.6) is 6.01 Å². The second-order valence-corrected chi connectivity index (χ2v) is 8.82. The van der Waals surface area contributed by atoms with Crippen LogP contribution >= 0.6 is 0 Å². The first-order valence-electron chi connectivity index (χ1n) is 11.9. The van der Waals surface area contributed by atoms with Gasteiger partial charge in [0.2, 0.25) is 0 Å². The highest BCUT2D eigenvalue weighted by molar-refractivity contribution is 6.53. The summed E-state index contributed by atoms with van der Waals surface area (Å²) in [5.41, 5.74) is 2.75. The third-order valence-corrected chi connectivity index (χ3v) is 6.17. The second kappa shape index (κ2) is 12.5. The Morgan fingerprint density at radius 3 is 2.62 bits per heavy atom. The summed E-state index contributed by atoms with van der Waals surface area (Å²) in [6.07, 6.45) is 8.77. The van der Waals surface area contributed by atoms with E-state index < -0.39 is 18.9 Å². The molecular formula is C24H33BN4O5. The van der Waals surface area contributed by atoms with Crippen LogP contribution in [0.15, 0.2) is 24.5 Å². The van der Waals surface area contributed by atoms with Gasteiger partial charge in [0.1, 0.15) is 11.6 Å². The van der Waals surface area contributed by atoms with E-state index in [2.05, 4.69) is 16.0 Å². The van der Waals surface area contributed by atoms with Gasteiger partial charge in [-0.25, -0.2) is 15.0 Å². The Morgan fingerprint density at radius 2 is 1.94 bits per heavy atom. The van der Waals surface area contributed by atoms with Crippen molar-refractivity contribution in [3.8, 4) is 6.01 Å². The van der Waals surface area contributed by atoms with Gasteiger partial charge in [-0.3, -0.25) is 9.59 Å². The standard InChI is InChI=1S/C24H33BN4O5/c1-25(33)29-12-6-5-7-17-10-11-20(28-23(17)29)8-3-4-9-21(30)13-18(14-22(31)32)19-15-26-24(34-2)27-16-19/h10-11,15-16,18,33H,3-9,12-14H2,1-2H3,(H,31,32)/t18-/m0/s1. The van der Waals surface area contributed by atoms with Crippen LogP contribution in [0.4, 0.5) is 5.82 Å². The molecule has 0 saturated carbocycles. The highest BCUT2D eigenvalue weighted by Crippen LogP contribution is 2.27. The Labute approximate surface area is 200 Å². The van der Waals surface area contributed by atoms with Gasteiger partial charge in [-0.15, -0.1) is 0 Å². The summed E-state index contributed by atoms with van der Waals surface area (Å²) in [4.78, 5) is 38.7. The highest BCUT2D eigenvalue weighted by Gasteiger charge is 2.24. The Kier molecular flexibility index (Phi) is 9.38. The van der Waals surface area contributed by atoms with Gasteiger partial charge >= 0.3 is 19.0 Å². The molecule has 1 aliphatic rings. The zero-order chi connectivity index (χ0) is 24.5. The van der Waals surface area contributed by atoms with E-state index >= 15 is 0 Å². The topological polar surface area (TPSA) is 126 Å². The molecule has 182 valence electrons. The maximum atomic E-state index is 12.6. The van der Waals surface area contributed by atoms with Gasteiger partial charge < -0.3 is 19.7 Å². The van der Waals surface area contributed by atoms with Gasteiger partial charge in [0.05, 0.1) is 13.5 Å². The smallest absolute Gasteiger partial charge is 0.410 e. The Bertz CT molecular complexity index is 970. The summed E-state index contributed by atoms with van der Waals surface area (Å²) < 4.78 is 4.94. The fourth-order valence-corrected chi connectivity index (χ4v) is 4.33. The molecule has 10 heteroatoms. The Morgan fingerprint density at radius 1 is 1.18 bits per heavy atom. The summed E-state index contributed by atoms with van der Waals surface area (Å²) in [7, 11) is 0.879. The summed E-state index contributed by atoms with van der Waals surface area (Å²) in [5.74, 6) is -0.528. The minimum Gasteiger partial charge on any atom is -0.481 e. The van der Waals surface area contributed by atoms with Crippen LogP contribution in [0.2, 0.25) is 6.82 Å². The number of aliphatic carboxylic acids is 1. The van der Waals surface area contributed by atoms with Crippen molar-refractivity contribution in [2.45, 2.75) is 70.5 Å². The SMILES string of the molecule is COc1ncc([C@H](CC(=O)O)CC(=O)CCCCc2ccc3c(n2)N(B(C)O)CCCC3)cn1. The molecule has 2 aromatic rings. The molecular weight excluding hydrogens is 435 g/mol. The number of hydrogen-bond acceptors (Lipinski definition) is 8. The van der Waals surface area contributed by atoms with Crippen LogP contribution in [0, 0.1) is 0 Å². The first-order valence-corrected chi connectivity index (χ1v) is 11.9. The number of Topliss-reactive ketones (excluding diaryl/α,β-unsaturated/α-hetero) is 1. The van der Waals surface area contributed by atoms with Crippen molar-refractivity contribution < 1.29 is 24.5 Å². The number of rotatable bonds is 12. The molecule has 1 aliphatic heterocycles. The fraction of sp³-hybridized carbons (Fsp3) is 0.542. The van der Waals surface area contributed by atoms with Gasteiger partial charge in [-0.05, 0) is 62.5 Å². The van der Waals surface area contributed by atoms with Gasteiger partial charge in [-0.1, -0.05) is 6.07 Å². The van der Waals surface area contributed by atoms with E-state index in [1.807, 2.05) is 10.9 Å². The molecule has 0 aliphatic carbocycles. The molecule has 2 N–H and O–H groups in total. The van der Waals surface area contributed by atoms with Gasteiger partial charge in [0.15, 0.2) is 0 Å². The van der Waals surface area contributed by atoms with E-state index in [0.29, 0.717) is 18.4 Å². The lowest BCUT2D eigenvalue weighted by molar-refractivity contribution is -0.137. The number of carboxylic acid groups (broad SMARTS) is 1. The normalized spacial score (nSPS) is 14.1. The zero-order valence-electron chi connectivity index (χ0n) is 19.9. The van der Waals surface area contributed by atoms with Gasteiger partial charge in [0.25, 0.3) is 0 Å². The first kappa shape index (κ1) is 25.6. The van der Waals surface area contributed by atoms with E-state index in [-0.39, 0.29) is 24.6 Å². The first-order chi connectivity index (χ1) is 16.4. The lowest BCUT2D eigenvalue weighted by Gasteiger charge is -2.25. The van der Waals surface area contributed by atoms with Crippen molar-refractivity contribution in [1.82, 2.24) is 15.0 Å². The number of carboxylic acids is 1. The molecule has 3 heterocycles. The van der Waals surface area contributed by atoms with E-state index in [9.17, 15) is 19.7 Å². The van der Waals surface area contributed by atoms with E-state index in [4.69, 9.17) is 9.72 Å². The monoisotopic (exact) mass is 468 g/mol. The molecule has 9 nitrogen and oxygen atoms in total. The van der Waals surface area contributed by atoms with Crippen LogP contribution < -0.4 is 9.55 Å². The minimum absolute atomic E-state index is 0.0252. The number of aryl methyl sites for hydroxylation is 2. The third-order valence-electron chi connectivity index (χ3n) is 6.17. The second-order valence-electron chi connectivity index (χ2n) is 8.82. The van der Waals surface area contributed by atoms with Crippen LogP contribution in [-0.4, -0.2) is 57.5 Å². The summed E-state index contributed by atoms with van der Waals surface area (Å²) in [6.45, 7) is 2.57. The number of unbranched alkanes of at least 4 members (excludes halogenated alkanes) is 1. The maximum Gasteiger partial charge on any atom is 0.410 e. The molecule has 0 radical (unpaired) electrons. The predicted octanol–water partition coefficient (Wildman–Crippen LogP) is 3.06. The van der Waals surface area contributed by atoms with Crippen molar-refractivity contribution in [2.24, 2.45) is 0 Å². The summed E-state index contributed by atoms with van der Waals surface area (Å²) in [5, 5.41) is 19.4.